The molecule has 4 nitrogen and oxygen atoms in total. The average molecular weight is 119 g/mol. The monoisotopic (exact) mass is 119 g/mol. The maximum Gasteiger partial charge on any atom is 0.337 e. The maximum atomic E-state index is 10.1. The van der Waals surface area contributed by atoms with Crippen molar-refractivity contribution in [2.45, 2.75) is 6.10 Å². The molecule has 1 radical (unpaired) electrons. The summed E-state index contributed by atoms with van der Waals surface area (Å²) in [4.78, 5) is 10.1. The molecule has 0 fully saturated rings. The molecule has 2 N–H and O–H groups in total. The van der Waals surface area contributed by atoms with Gasteiger partial charge < -0.3 is 14.9 Å². The van der Waals surface area contributed by atoms with Gasteiger partial charge in [-0.15, -0.1) is 0 Å². The van der Waals surface area contributed by atoms with Gasteiger partial charge in [-0.2, -0.15) is 0 Å². The smallest absolute Gasteiger partial charge is 0.337 e. The fourth-order valence-electron chi connectivity index (χ4n) is 0.182. The SMILES string of the molecule is COC(=O)C(O)[CH]O. The van der Waals surface area contributed by atoms with E-state index in [0.717, 1.165) is 7.11 Å². The van der Waals surface area contributed by atoms with E-state index in [1.54, 1.807) is 0 Å². The second kappa shape index (κ2) is 3.40. The van der Waals surface area contributed by atoms with Crippen molar-refractivity contribution in [3.8, 4) is 0 Å². The maximum absolute atomic E-state index is 10.1. The Kier molecular flexibility index (Phi) is 3.14. The van der Waals surface area contributed by atoms with Crippen molar-refractivity contribution < 1.29 is 19.7 Å². The molecular formula is C4H7O4. The van der Waals surface area contributed by atoms with E-state index < -0.39 is 12.1 Å². The number of carbonyl (C=O) groups is 1. The minimum Gasteiger partial charge on any atom is -0.467 e. The standard InChI is InChI=1S/C4H7O4/c1-8-4(7)3(6)2-5/h2-3,5-6H,1H3. The molecule has 1 atom stereocenters. The molecular weight excluding hydrogens is 112 g/mol. The molecule has 0 saturated carbocycles. The fraction of sp³-hybridized carbons (Fsp3) is 0.500. The molecule has 0 amide bonds. The Bertz CT molecular complexity index is 80.1. The second-order valence-corrected chi connectivity index (χ2v) is 1.12. The zero-order valence-corrected chi connectivity index (χ0v) is 4.37. The van der Waals surface area contributed by atoms with Crippen LogP contribution in [-0.2, 0) is 9.53 Å². The molecule has 0 spiro atoms. The van der Waals surface area contributed by atoms with Crippen LogP contribution in [0.4, 0.5) is 0 Å². The van der Waals surface area contributed by atoms with Crippen molar-refractivity contribution >= 4 is 5.97 Å². The van der Waals surface area contributed by atoms with Crippen LogP contribution in [0.5, 0.6) is 0 Å². The Morgan fingerprint density at radius 2 is 2.38 bits per heavy atom. The molecule has 0 aromatic rings. The van der Waals surface area contributed by atoms with E-state index in [1.165, 1.54) is 0 Å². The molecule has 0 heterocycles. The molecule has 47 valence electrons. The van der Waals surface area contributed by atoms with Gasteiger partial charge in [0, 0.05) is 0 Å². The van der Waals surface area contributed by atoms with Gasteiger partial charge in [-0.05, 0) is 0 Å². The number of carbonyl (C=O) groups excluding carboxylic acids is 1. The fourth-order valence-corrected chi connectivity index (χ4v) is 0.182. The number of esters is 1. The minimum atomic E-state index is -1.51. The Labute approximate surface area is 46.7 Å². The number of hydrogen-bond donors (Lipinski definition) is 2. The molecule has 0 saturated heterocycles. The van der Waals surface area contributed by atoms with Gasteiger partial charge in [-0.3, -0.25) is 0 Å². The van der Waals surface area contributed by atoms with Gasteiger partial charge in [0.1, 0.15) is 6.61 Å². The summed E-state index contributed by atoms with van der Waals surface area (Å²) in [7, 11) is 1.12. The summed E-state index contributed by atoms with van der Waals surface area (Å²) >= 11 is 0. The second-order valence-electron chi connectivity index (χ2n) is 1.12. The van der Waals surface area contributed by atoms with Gasteiger partial charge >= 0.3 is 5.97 Å². The van der Waals surface area contributed by atoms with E-state index in [9.17, 15) is 4.79 Å². The molecule has 1 unspecified atom stereocenters. The first kappa shape index (κ1) is 7.39. The molecule has 0 rings (SSSR count). The van der Waals surface area contributed by atoms with Crippen LogP contribution in [0.1, 0.15) is 0 Å². The molecule has 0 aliphatic rings. The molecule has 0 aromatic carbocycles. The number of methoxy groups -OCH3 is 1. The van der Waals surface area contributed by atoms with E-state index in [-0.39, 0.29) is 0 Å². The molecule has 0 aliphatic heterocycles. The zero-order valence-electron chi connectivity index (χ0n) is 4.37. The summed E-state index contributed by atoms with van der Waals surface area (Å²) < 4.78 is 4.02. The van der Waals surface area contributed by atoms with Crippen LogP contribution < -0.4 is 0 Å². The Hall–Kier alpha value is -0.610. The van der Waals surface area contributed by atoms with E-state index in [4.69, 9.17) is 10.2 Å². The Morgan fingerprint density at radius 1 is 1.88 bits per heavy atom. The molecule has 0 bridgehead atoms. The van der Waals surface area contributed by atoms with Crippen LogP contribution in [0, 0.1) is 6.61 Å². The lowest BCUT2D eigenvalue weighted by atomic mass is 10.4. The van der Waals surface area contributed by atoms with Crippen LogP contribution >= 0.6 is 0 Å². The van der Waals surface area contributed by atoms with Crippen molar-refractivity contribution in [3.05, 3.63) is 6.61 Å². The highest BCUT2D eigenvalue weighted by molar-refractivity contribution is 5.75. The lowest BCUT2D eigenvalue weighted by molar-refractivity contribution is -0.150. The lowest BCUT2D eigenvalue weighted by Gasteiger charge is -2.00. The van der Waals surface area contributed by atoms with Crippen LogP contribution in [0.3, 0.4) is 0 Å². The third-order valence-corrected chi connectivity index (χ3v) is 0.584. The summed E-state index contributed by atoms with van der Waals surface area (Å²) in [6.07, 6.45) is -1.51. The van der Waals surface area contributed by atoms with Gasteiger partial charge in [-0.1, -0.05) is 0 Å². The van der Waals surface area contributed by atoms with Gasteiger partial charge in [0.15, 0.2) is 6.10 Å². The van der Waals surface area contributed by atoms with Crippen molar-refractivity contribution in [2.75, 3.05) is 7.11 Å². The first-order valence-electron chi connectivity index (χ1n) is 1.95. The predicted octanol–water partition coefficient (Wildman–Crippen LogP) is -0.945. The summed E-state index contributed by atoms with van der Waals surface area (Å²) in [5, 5.41) is 16.3. The predicted molar refractivity (Wildman–Crippen MR) is 24.3 cm³/mol. The minimum absolute atomic E-state index is 0.353. The topological polar surface area (TPSA) is 66.8 Å². The summed E-state index contributed by atoms with van der Waals surface area (Å²) in [5.74, 6) is -0.868. The number of aliphatic hydroxyl groups is 2. The van der Waals surface area contributed by atoms with Gasteiger partial charge in [0.05, 0.1) is 7.11 Å². The van der Waals surface area contributed by atoms with E-state index in [0.29, 0.717) is 6.61 Å². The van der Waals surface area contributed by atoms with Crippen LogP contribution in [0.25, 0.3) is 0 Å². The highest BCUT2D eigenvalue weighted by Crippen LogP contribution is 1.86. The number of aliphatic hydroxyl groups excluding tert-OH is 2. The molecule has 0 aromatic heterocycles. The highest BCUT2D eigenvalue weighted by atomic mass is 16.5. The Balaban J connectivity index is 3.46. The average Bonchev–Trinajstić information content (AvgIpc) is 1.84. The molecule has 8 heavy (non-hydrogen) atoms. The summed E-state index contributed by atoms with van der Waals surface area (Å²) in [6, 6.07) is 0. The van der Waals surface area contributed by atoms with Crippen LogP contribution in [0.2, 0.25) is 0 Å². The summed E-state index contributed by atoms with van der Waals surface area (Å²) in [5.41, 5.74) is 0. The lowest BCUT2D eigenvalue weighted by Crippen LogP contribution is -2.21. The quantitative estimate of drug-likeness (QED) is 0.460. The van der Waals surface area contributed by atoms with Gasteiger partial charge in [-0.25, -0.2) is 4.79 Å². The van der Waals surface area contributed by atoms with Crippen LogP contribution in [-0.4, -0.2) is 29.4 Å². The zero-order chi connectivity index (χ0) is 6.57. The largest absolute Gasteiger partial charge is 0.467 e. The third kappa shape index (κ3) is 1.90. The molecule has 0 aliphatic carbocycles. The van der Waals surface area contributed by atoms with Crippen molar-refractivity contribution in [2.24, 2.45) is 0 Å². The van der Waals surface area contributed by atoms with E-state index in [1.807, 2.05) is 0 Å². The number of rotatable bonds is 2. The molecule has 4 heteroatoms. The Morgan fingerprint density at radius 3 is 2.50 bits per heavy atom. The third-order valence-electron chi connectivity index (χ3n) is 0.584. The number of hydrogen-bond acceptors (Lipinski definition) is 4. The van der Waals surface area contributed by atoms with Crippen molar-refractivity contribution in [3.63, 3.8) is 0 Å². The van der Waals surface area contributed by atoms with Crippen LogP contribution in [0.15, 0.2) is 0 Å². The first-order chi connectivity index (χ1) is 3.72. The first-order valence-corrected chi connectivity index (χ1v) is 1.95. The normalized spacial score (nSPS) is 12.9. The number of ether oxygens (including phenoxy) is 1. The van der Waals surface area contributed by atoms with Gasteiger partial charge in [0.2, 0.25) is 0 Å². The highest BCUT2D eigenvalue weighted by Gasteiger charge is 2.12. The van der Waals surface area contributed by atoms with Gasteiger partial charge in [0.25, 0.3) is 0 Å². The van der Waals surface area contributed by atoms with Crippen molar-refractivity contribution in [1.82, 2.24) is 0 Å². The van der Waals surface area contributed by atoms with E-state index >= 15 is 0 Å². The van der Waals surface area contributed by atoms with Crippen molar-refractivity contribution in [1.29, 1.82) is 0 Å². The van der Waals surface area contributed by atoms with E-state index in [2.05, 4.69) is 4.74 Å². The summed E-state index contributed by atoms with van der Waals surface area (Å²) in [6.45, 7) is 0.353.